The summed E-state index contributed by atoms with van der Waals surface area (Å²) in [6, 6.07) is 13.9. The highest BCUT2D eigenvalue weighted by atomic mass is 35.5. The van der Waals surface area contributed by atoms with Crippen LogP contribution in [0.3, 0.4) is 0 Å². The van der Waals surface area contributed by atoms with Crippen molar-refractivity contribution in [1.29, 1.82) is 0 Å². The summed E-state index contributed by atoms with van der Waals surface area (Å²) in [6.45, 7) is 6.83. The zero-order valence-electron chi connectivity index (χ0n) is 21.0. The predicted molar refractivity (Wildman–Crippen MR) is 142 cm³/mol. The normalized spacial score (nSPS) is 12.1. The minimum Gasteiger partial charge on any atom is -0.354 e. The molecule has 2 aromatic rings. The monoisotopic (exact) mass is 521 g/mol. The number of hydrogen-bond donors (Lipinski definition) is 1. The molecule has 0 aliphatic rings. The van der Waals surface area contributed by atoms with Crippen molar-refractivity contribution in [2.75, 3.05) is 23.7 Å². The lowest BCUT2D eigenvalue weighted by Gasteiger charge is -2.31. The van der Waals surface area contributed by atoms with E-state index in [4.69, 9.17) is 11.6 Å². The smallest absolute Gasteiger partial charge is 0.242 e. The number of anilines is 1. The van der Waals surface area contributed by atoms with E-state index in [2.05, 4.69) is 5.32 Å². The maximum atomic E-state index is 13.4. The average molecular weight is 522 g/mol. The van der Waals surface area contributed by atoms with Gasteiger partial charge in [-0.05, 0) is 49.9 Å². The van der Waals surface area contributed by atoms with Gasteiger partial charge in [0.2, 0.25) is 21.8 Å². The van der Waals surface area contributed by atoms with Gasteiger partial charge in [-0.15, -0.1) is 0 Å². The fourth-order valence-corrected chi connectivity index (χ4v) is 5.07. The first-order valence-corrected chi connectivity index (χ1v) is 14.2. The van der Waals surface area contributed by atoms with Gasteiger partial charge in [0.15, 0.2) is 0 Å². The number of rotatable bonds is 13. The van der Waals surface area contributed by atoms with Crippen molar-refractivity contribution in [3.05, 3.63) is 64.7 Å². The third-order valence-corrected chi connectivity index (χ3v) is 7.05. The number of halogens is 1. The Bertz CT molecular complexity index is 1110. The number of benzene rings is 2. The van der Waals surface area contributed by atoms with Crippen molar-refractivity contribution >= 4 is 39.1 Å². The molecule has 0 saturated heterocycles. The molecule has 2 amide bonds. The summed E-state index contributed by atoms with van der Waals surface area (Å²) < 4.78 is 26.1. The first-order chi connectivity index (χ1) is 16.6. The number of sulfonamides is 1. The van der Waals surface area contributed by atoms with E-state index in [1.165, 1.54) is 4.31 Å². The Balaban J connectivity index is 2.20. The number of carbonyl (C=O) groups is 2. The molecule has 0 aliphatic carbocycles. The van der Waals surface area contributed by atoms with Crippen molar-refractivity contribution in [3.63, 3.8) is 0 Å². The Hall–Kier alpha value is -2.58. The molecule has 0 saturated carbocycles. The first kappa shape index (κ1) is 28.7. The molecule has 0 unspecified atom stereocenters. The lowest BCUT2D eigenvalue weighted by molar-refractivity contribution is -0.141. The van der Waals surface area contributed by atoms with Crippen molar-refractivity contribution < 1.29 is 18.0 Å². The number of hydrogen-bond acceptors (Lipinski definition) is 4. The maximum absolute atomic E-state index is 13.4. The standard InChI is InChI=1S/C26H36ClN3O4S/c1-5-15-28-26(32)24(6-2)29(19-21-11-7-10-20(3)17-21)25(31)14-9-16-30(35(4,33)34)23-13-8-12-22(27)18-23/h7-8,10-13,17-18,24H,5-6,9,14-16,19H2,1-4H3,(H,28,32)/t24-/m0/s1. The van der Waals surface area contributed by atoms with Crippen molar-refractivity contribution in [2.24, 2.45) is 0 Å². The third-order valence-electron chi connectivity index (χ3n) is 5.62. The summed E-state index contributed by atoms with van der Waals surface area (Å²) in [4.78, 5) is 27.9. The molecule has 35 heavy (non-hydrogen) atoms. The van der Waals surface area contributed by atoms with Crippen LogP contribution in [-0.2, 0) is 26.2 Å². The van der Waals surface area contributed by atoms with E-state index in [1.54, 1.807) is 29.2 Å². The second kappa shape index (κ2) is 13.5. The van der Waals surface area contributed by atoms with Crippen molar-refractivity contribution in [1.82, 2.24) is 10.2 Å². The molecule has 9 heteroatoms. The minimum atomic E-state index is -3.57. The van der Waals surface area contributed by atoms with E-state index in [9.17, 15) is 18.0 Å². The van der Waals surface area contributed by atoms with Crippen LogP contribution < -0.4 is 9.62 Å². The Morgan fingerprint density at radius 2 is 1.80 bits per heavy atom. The van der Waals surface area contributed by atoms with Gasteiger partial charge in [-0.1, -0.05) is 61.3 Å². The molecule has 192 valence electrons. The molecular weight excluding hydrogens is 486 g/mol. The number of nitrogens with zero attached hydrogens (tertiary/aromatic N) is 2. The van der Waals surface area contributed by atoms with Gasteiger partial charge in [-0.2, -0.15) is 0 Å². The van der Waals surface area contributed by atoms with Crippen LogP contribution >= 0.6 is 11.6 Å². The number of amides is 2. The third kappa shape index (κ3) is 8.85. The Morgan fingerprint density at radius 3 is 2.40 bits per heavy atom. The van der Waals surface area contributed by atoms with Crippen LogP contribution in [0.25, 0.3) is 0 Å². The molecular formula is C26H36ClN3O4S. The van der Waals surface area contributed by atoms with Crippen molar-refractivity contribution in [2.45, 2.75) is 59.0 Å². The molecule has 7 nitrogen and oxygen atoms in total. The van der Waals surface area contributed by atoms with Gasteiger partial charge in [0, 0.05) is 31.1 Å². The van der Waals surface area contributed by atoms with E-state index in [0.717, 1.165) is 23.8 Å². The SMILES string of the molecule is CCCNC(=O)[C@H](CC)N(Cc1cccc(C)c1)C(=O)CCCN(c1cccc(Cl)c1)S(C)(=O)=O. The molecule has 2 rings (SSSR count). The van der Waals surface area contributed by atoms with Crippen LogP contribution in [-0.4, -0.2) is 50.5 Å². The van der Waals surface area contributed by atoms with E-state index >= 15 is 0 Å². The van der Waals surface area contributed by atoms with Gasteiger partial charge in [-0.3, -0.25) is 13.9 Å². The number of nitrogens with one attached hydrogen (secondary N) is 1. The first-order valence-electron chi connectivity index (χ1n) is 11.9. The second-order valence-corrected chi connectivity index (χ2v) is 11.0. The molecule has 1 atom stereocenters. The van der Waals surface area contributed by atoms with Crippen LogP contribution in [0.4, 0.5) is 5.69 Å². The Kier molecular flexibility index (Phi) is 11.0. The van der Waals surface area contributed by atoms with E-state index < -0.39 is 16.1 Å². The molecule has 0 aliphatic heterocycles. The Labute approximate surface area is 214 Å². The summed E-state index contributed by atoms with van der Waals surface area (Å²) >= 11 is 6.05. The zero-order valence-corrected chi connectivity index (χ0v) is 22.5. The molecule has 0 radical (unpaired) electrons. The van der Waals surface area contributed by atoms with E-state index in [0.29, 0.717) is 36.6 Å². The highest BCUT2D eigenvalue weighted by Gasteiger charge is 2.28. The molecule has 0 spiro atoms. The lowest BCUT2D eigenvalue weighted by Crippen LogP contribution is -2.49. The second-order valence-electron chi connectivity index (χ2n) is 8.64. The quantitative estimate of drug-likeness (QED) is 0.419. The van der Waals surface area contributed by atoms with Gasteiger partial charge >= 0.3 is 0 Å². The zero-order chi connectivity index (χ0) is 26.0. The van der Waals surface area contributed by atoms with Crippen molar-refractivity contribution in [3.8, 4) is 0 Å². The topological polar surface area (TPSA) is 86.8 Å². The molecule has 2 aromatic carbocycles. The molecule has 0 fully saturated rings. The fourth-order valence-electron chi connectivity index (χ4n) is 3.93. The van der Waals surface area contributed by atoms with Crippen LogP contribution in [0.15, 0.2) is 48.5 Å². The summed E-state index contributed by atoms with van der Waals surface area (Å²) in [6.07, 6.45) is 2.82. The summed E-state index contributed by atoms with van der Waals surface area (Å²) in [7, 11) is -3.57. The molecule has 0 heterocycles. The summed E-state index contributed by atoms with van der Waals surface area (Å²) in [5.41, 5.74) is 2.47. The lowest BCUT2D eigenvalue weighted by atomic mass is 10.1. The predicted octanol–water partition coefficient (Wildman–Crippen LogP) is 4.53. The number of aryl methyl sites for hydroxylation is 1. The maximum Gasteiger partial charge on any atom is 0.242 e. The summed E-state index contributed by atoms with van der Waals surface area (Å²) in [5, 5.41) is 3.33. The van der Waals surface area contributed by atoms with Gasteiger partial charge < -0.3 is 10.2 Å². The number of carbonyl (C=O) groups excluding carboxylic acids is 2. The molecule has 0 aromatic heterocycles. The van der Waals surface area contributed by atoms with Gasteiger partial charge in [0.1, 0.15) is 6.04 Å². The van der Waals surface area contributed by atoms with Crippen LogP contribution in [0, 0.1) is 6.92 Å². The molecule has 1 N–H and O–H groups in total. The minimum absolute atomic E-state index is 0.107. The Morgan fingerprint density at radius 1 is 1.09 bits per heavy atom. The highest BCUT2D eigenvalue weighted by molar-refractivity contribution is 7.92. The van der Waals surface area contributed by atoms with Gasteiger partial charge in [0.05, 0.1) is 11.9 Å². The van der Waals surface area contributed by atoms with Gasteiger partial charge in [-0.25, -0.2) is 8.42 Å². The highest BCUT2D eigenvalue weighted by Crippen LogP contribution is 2.23. The average Bonchev–Trinajstić information content (AvgIpc) is 2.79. The summed E-state index contributed by atoms with van der Waals surface area (Å²) in [5.74, 6) is -0.364. The van der Waals surface area contributed by atoms with Gasteiger partial charge in [0.25, 0.3) is 0 Å². The fraction of sp³-hybridized carbons (Fsp3) is 0.462. The largest absolute Gasteiger partial charge is 0.354 e. The van der Waals surface area contributed by atoms with E-state index in [1.807, 2.05) is 45.0 Å². The molecule has 0 bridgehead atoms. The van der Waals surface area contributed by atoms with Crippen LogP contribution in [0.1, 0.15) is 50.7 Å². The van der Waals surface area contributed by atoms with Crippen LogP contribution in [0.2, 0.25) is 5.02 Å². The van der Waals surface area contributed by atoms with Crippen LogP contribution in [0.5, 0.6) is 0 Å². The van der Waals surface area contributed by atoms with E-state index in [-0.39, 0.29) is 24.8 Å².